The van der Waals surface area contributed by atoms with Gasteiger partial charge in [-0.25, -0.2) is 0 Å². The van der Waals surface area contributed by atoms with Crippen LogP contribution in [0.5, 0.6) is 0 Å². The molecule has 0 heterocycles. The van der Waals surface area contributed by atoms with Crippen LogP contribution in [0.3, 0.4) is 0 Å². The lowest BCUT2D eigenvalue weighted by atomic mass is 10.1. The highest BCUT2D eigenvalue weighted by Gasteiger charge is 1.89. The van der Waals surface area contributed by atoms with Crippen LogP contribution in [0.4, 0.5) is 0 Å². The van der Waals surface area contributed by atoms with Crippen LogP contribution in [-0.2, 0) is 4.74 Å². The lowest BCUT2D eigenvalue weighted by Crippen LogP contribution is -1.94. The second-order valence-corrected chi connectivity index (χ2v) is 1.89. The third kappa shape index (κ3) is 5.96. The molecule has 0 amide bonds. The number of hydrogen-bond donors (Lipinski definition) is 0. The van der Waals surface area contributed by atoms with E-state index in [2.05, 4.69) is 13.8 Å². The molecule has 0 aliphatic heterocycles. The Hall–Kier alpha value is -0.0400. The van der Waals surface area contributed by atoms with E-state index < -0.39 is 0 Å². The Kier molecular flexibility index (Phi) is 4.10. The summed E-state index contributed by atoms with van der Waals surface area (Å²) < 4.78 is 4.81. The summed E-state index contributed by atoms with van der Waals surface area (Å²) in [5.74, 6) is 0.528. The highest BCUT2D eigenvalue weighted by molar-refractivity contribution is 4.51. The summed E-state index contributed by atoms with van der Waals surface area (Å²) in [5.41, 5.74) is 0. The van der Waals surface area contributed by atoms with Crippen molar-refractivity contribution in [2.24, 2.45) is 5.92 Å². The standard InChI is InChI=1S/C6H13O/c1-6(2)4-5-7-3/h6H,1,4-5H2,2-3H3. The van der Waals surface area contributed by atoms with E-state index in [1.165, 1.54) is 0 Å². The van der Waals surface area contributed by atoms with Gasteiger partial charge in [0.2, 0.25) is 0 Å². The quantitative estimate of drug-likeness (QED) is 0.523. The average molecular weight is 101 g/mol. The van der Waals surface area contributed by atoms with Crippen molar-refractivity contribution in [1.82, 2.24) is 0 Å². The van der Waals surface area contributed by atoms with Gasteiger partial charge >= 0.3 is 0 Å². The van der Waals surface area contributed by atoms with Gasteiger partial charge in [0.15, 0.2) is 0 Å². The van der Waals surface area contributed by atoms with E-state index in [1.807, 2.05) is 0 Å². The van der Waals surface area contributed by atoms with Gasteiger partial charge in [0.1, 0.15) is 0 Å². The molecule has 43 valence electrons. The van der Waals surface area contributed by atoms with Crippen molar-refractivity contribution in [3.8, 4) is 0 Å². The Bertz CT molecular complexity index is 33.2. The molecule has 1 unspecified atom stereocenters. The molecule has 0 saturated heterocycles. The van der Waals surface area contributed by atoms with E-state index in [0.29, 0.717) is 5.92 Å². The summed E-state index contributed by atoms with van der Waals surface area (Å²) in [6.45, 7) is 6.72. The predicted octanol–water partition coefficient (Wildman–Crippen LogP) is 1.49. The van der Waals surface area contributed by atoms with E-state index in [9.17, 15) is 0 Å². The topological polar surface area (TPSA) is 9.23 Å². The molecule has 7 heavy (non-hydrogen) atoms. The van der Waals surface area contributed by atoms with E-state index in [0.717, 1.165) is 13.0 Å². The monoisotopic (exact) mass is 101 g/mol. The molecule has 0 aromatic carbocycles. The van der Waals surface area contributed by atoms with Crippen LogP contribution in [0.1, 0.15) is 13.3 Å². The SMILES string of the molecule is [CH2]C(C)CCOC. The Morgan fingerprint density at radius 2 is 2.29 bits per heavy atom. The Morgan fingerprint density at radius 1 is 1.71 bits per heavy atom. The zero-order valence-electron chi connectivity index (χ0n) is 5.11. The molecule has 0 aliphatic carbocycles. The molecule has 0 aromatic heterocycles. The Balaban J connectivity index is 2.68. The largest absolute Gasteiger partial charge is 0.385 e. The first-order valence-corrected chi connectivity index (χ1v) is 2.59. The summed E-state index contributed by atoms with van der Waals surface area (Å²) in [4.78, 5) is 0. The smallest absolute Gasteiger partial charge is 0.0464 e. The first-order chi connectivity index (χ1) is 3.27. The van der Waals surface area contributed by atoms with Gasteiger partial charge in [0.05, 0.1) is 0 Å². The first-order valence-electron chi connectivity index (χ1n) is 2.59. The van der Waals surface area contributed by atoms with Gasteiger partial charge in [-0.1, -0.05) is 13.8 Å². The van der Waals surface area contributed by atoms with Crippen LogP contribution in [-0.4, -0.2) is 13.7 Å². The van der Waals surface area contributed by atoms with E-state index in [4.69, 9.17) is 4.74 Å². The number of rotatable bonds is 3. The highest BCUT2D eigenvalue weighted by atomic mass is 16.5. The maximum Gasteiger partial charge on any atom is 0.0464 e. The minimum absolute atomic E-state index is 0.528. The summed E-state index contributed by atoms with van der Waals surface area (Å²) in [6.07, 6.45) is 1.07. The third-order valence-corrected chi connectivity index (χ3v) is 0.815. The molecule has 0 fully saturated rings. The summed E-state index contributed by atoms with van der Waals surface area (Å²) >= 11 is 0. The van der Waals surface area contributed by atoms with Crippen molar-refractivity contribution >= 4 is 0 Å². The second kappa shape index (κ2) is 4.13. The molecule has 1 nitrogen and oxygen atoms in total. The van der Waals surface area contributed by atoms with Crippen molar-refractivity contribution < 1.29 is 4.74 Å². The van der Waals surface area contributed by atoms with Gasteiger partial charge in [-0.05, 0) is 12.3 Å². The van der Waals surface area contributed by atoms with Crippen LogP contribution in [0, 0.1) is 12.8 Å². The molecule has 1 heteroatoms. The molecule has 0 saturated carbocycles. The lowest BCUT2D eigenvalue weighted by molar-refractivity contribution is 0.186. The van der Waals surface area contributed by atoms with Gasteiger partial charge in [0.25, 0.3) is 0 Å². The number of hydrogen-bond acceptors (Lipinski definition) is 1. The van der Waals surface area contributed by atoms with Crippen LogP contribution >= 0.6 is 0 Å². The second-order valence-electron chi connectivity index (χ2n) is 1.89. The van der Waals surface area contributed by atoms with Crippen LogP contribution in [0.25, 0.3) is 0 Å². The van der Waals surface area contributed by atoms with Crippen molar-refractivity contribution in [3.05, 3.63) is 6.92 Å². The summed E-state index contributed by atoms with van der Waals surface area (Å²) in [7, 11) is 1.71. The third-order valence-electron chi connectivity index (χ3n) is 0.815. The molecule has 0 aliphatic rings. The molecular weight excluding hydrogens is 88.1 g/mol. The van der Waals surface area contributed by atoms with Crippen molar-refractivity contribution in [1.29, 1.82) is 0 Å². The molecule has 0 spiro atoms. The average Bonchev–Trinajstić information content (AvgIpc) is 1.61. The van der Waals surface area contributed by atoms with Crippen LogP contribution < -0.4 is 0 Å². The van der Waals surface area contributed by atoms with Gasteiger partial charge in [-0.3, -0.25) is 0 Å². The number of ether oxygens (including phenoxy) is 1. The van der Waals surface area contributed by atoms with Crippen LogP contribution in [0.2, 0.25) is 0 Å². The zero-order valence-corrected chi connectivity index (χ0v) is 5.11. The van der Waals surface area contributed by atoms with E-state index in [-0.39, 0.29) is 0 Å². The van der Waals surface area contributed by atoms with Gasteiger partial charge in [0, 0.05) is 13.7 Å². The van der Waals surface area contributed by atoms with E-state index in [1.54, 1.807) is 7.11 Å². The van der Waals surface area contributed by atoms with Gasteiger partial charge in [-0.2, -0.15) is 0 Å². The summed E-state index contributed by atoms with van der Waals surface area (Å²) in [6, 6.07) is 0. The van der Waals surface area contributed by atoms with Crippen molar-refractivity contribution in [2.45, 2.75) is 13.3 Å². The molecule has 0 aromatic rings. The summed E-state index contributed by atoms with van der Waals surface area (Å²) in [5, 5.41) is 0. The zero-order chi connectivity index (χ0) is 5.70. The van der Waals surface area contributed by atoms with Crippen molar-refractivity contribution in [3.63, 3.8) is 0 Å². The van der Waals surface area contributed by atoms with E-state index >= 15 is 0 Å². The normalized spacial score (nSPS) is 10.3. The maximum absolute atomic E-state index is 4.81. The molecule has 0 bridgehead atoms. The molecule has 0 rings (SSSR count). The van der Waals surface area contributed by atoms with Gasteiger partial charge in [-0.15, -0.1) is 0 Å². The molecule has 0 N–H and O–H groups in total. The fourth-order valence-corrected chi connectivity index (χ4v) is 0.319. The fraction of sp³-hybridized carbons (Fsp3) is 0.833. The Morgan fingerprint density at radius 3 is 2.43 bits per heavy atom. The Labute approximate surface area is 45.7 Å². The number of methoxy groups -OCH3 is 1. The maximum atomic E-state index is 4.81. The lowest BCUT2D eigenvalue weighted by Gasteiger charge is -1.99. The molecule has 1 atom stereocenters. The highest BCUT2D eigenvalue weighted by Crippen LogP contribution is 1.96. The molecule has 1 radical (unpaired) electrons. The minimum Gasteiger partial charge on any atom is -0.385 e. The molecular formula is C6H13O. The predicted molar refractivity (Wildman–Crippen MR) is 31.0 cm³/mol. The minimum atomic E-state index is 0.528. The first kappa shape index (κ1) is 6.96. The van der Waals surface area contributed by atoms with Gasteiger partial charge < -0.3 is 4.74 Å². The van der Waals surface area contributed by atoms with Crippen LogP contribution in [0.15, 0.2) is 0 Å². The van der Waals surface area contributed by atoms with Crippen molar-refractivity contribution in [2.75, 3.05) is 13.7 Å². The fourth-order valence-electron chi connectivity index (χ4n) is 0.319.